The lowest BCUT2D eigenvalue weighted by molar-refractivity contribution is -0.119. The highest BCUT2D eigenvalue weighted by Crippen LogP contribution is 2.49. The van der Waals surface area contributed by atoms with Crippen LogP contribution in [0, 0.1) is 10.8 Å². The molecule has 2 aliphatic carbocycles. The second-order valence-corrected chi connectivity index (χ2v) is 12.9. The third-order valence-corrected chi connectivity index (χ3v) is 8.51. The Kier molecular flexibility index (Phi) is 5.95. The number of aliphatic hydroxyl groups is 2. The number of ketones is 2. The second-order valence-electron chi connectivity index (χ2n) is 11.8. The fourth-order valence-corrected chi connectivity index (χ4v) is 6.82. The SMILES string of the molecule is CC1(C)CC(=O)C(C(C2=C(O)CC(C)(C)CC2=O)c2ccc(-c3ccc4ccccc4c3)s2)=C(O)C1. The van der Waals surface area contributed by atoms with Crippen molar-refractivity contribution < 1.29 is 19.8 Å². The summed E-state index contributed by atoms with van der Waals surface area (Å²) in [6.45, 7) is 7.84. The van der Waals surface area contributed by atoms with E-state index in [1.165, 1.54) is 11.3 Å². The molecule has 36 heavy (non-hydrogen) atoms. The summed E-state index contributed by atoms with van der Waals surface area (Å²) in [6.07, 6.45) is 1.31. The predicted octanol–water partition coefficient (Wildman–Crippen LogP) is 8.05. The van der Waals surface area contributed by atoms with Gasteiger partial charge in [-0.3, -0.25) is 9.59 Å². The highest BCUT2D eigenvalue weighted by molar-refractivity contribution is 7.15. The van der Waals surface area contributed by atoms with E-state index >= 15 is 0 Å². The van der Waals surface area contributed by atoms with E-state index in [0.29, 0.717) is 25.7 Å². The van der Waals surface area contributed by atoms with Crippen molar-refractivity contribution in [2.75, 3.05) is 0 Å². The number of hydrogen-bond donors (Lipinski definition) is 2. The zero-order valence-electron chi connectivity index (χ0n) is 21.2. The normalized spacial score (nSPS) is 20.0. The monoisotopic (exact) mass is 500 g/mol. The molecule has 0 amide bonds. The van der Waals surface area contributed by atoms with Crippen molar-refractivity contribution >= 4 is 33.7 Å². The lowest BCUT2D eigenvalue weighted by Crippen LogP contribution is -2.33. The van der Waals surface area contributed by atoms with Crippen molar-refractivity contribution in [1.82, 2.24) is 0 Å². The molecule has 1 heterocycles. The number of aliphatic hydroxyl groups excluding tert-OH is 2. The van der Waals surface area contributed by atoms with Gasteiger partial charge in [-0.05, 0) is 45.4 Å². The van der Waals surface area contributed by atoms with Gasteiger partial charge in [0, 0.05) is 46.6 Å². The van der Waals surface area contributed by atoms with Gasteiger partial charge < -0.3 is 10.2 Å². The molecule has 0 fully saturated rings. The average molecular weight is 501 g/mol. The lowest BCUT2D eigenvalue weighted by atomic mass is 9.68. The summed E-state index contributed by atoms with van der Waals surface area (Å²) < 4.78 is 0. The molecular weight excluding hydrogens is 468 g/mol. The average Bonchev–Trinajstić information content (AvgIpc) is 3.25. The molecule has 0 atom stereocenters. The van der Waals surface area contributed by atoms with Crippen molar-refractivity contribution in [1.29, 1.82) is 0 Å². The third-order valence-electron chi connectivity index (χ3n) is 7.32. The van der Waals surface area contributed by atoms with E-state index in [4.69, 9.17) is 0 Å². The largest absolute Gasteiger partial charge is 0.512 e. The zero-order valence-corrected chi connectivity index (χ0v) is 22.0. The first kappa shape index (κ1) is 24.5. The van der Waals surface area contributed by atoms with Crippen molar-refractivity contribution in [2.45, 2.75) is 59.3 Å². The Labute approximate surface area is 216 Å². The van der Waals surface area contributed by atoms with Gasteiger partial charge in [-0.25, -0.2) is 0 Å². The number of fused-ring (bicyclic) bond motifs is 1. The molecule has 0 spiro atoms. The molecule has 0 unspecified atom stereocenters. The van der Waals surface area contributed by atoms with Gasteiger partial charge in [-0.1, -0.05) is 64.1 Å². The van der Waals surface area contributed by atoms with Crippen LogP contribution in [0.15, 0.2) is 77.3 Å². The predicted molar refractivity (Wildman–Crippen MR) is 145 cm³/mol. The molecule has 5 heteroatoms. The van der Waals surface area contributed by atoms with E-state index < -0.39 is 5.92 Å². The second kappa shape index (κ2) is 8.74. The van der Waals surface area contributed by atoms with Gasteiger partial charge in [0.1, 0.15) is 11.5 Å². The molecule has 2 N–H and O–H groups in total. The topological polar surface area (TPSA) is 74.6 Å². The van der Waals surface area contributed by atoms with E-state index in [1.807, 2.05) is 52.0 Å². The molecule has 0 radical (unpaired) electrons. The standard InChI is InChI=1S/C31H32O4S/c1-30(2)14-21(32)27(22(33)15-30)29(28-23(34)16-31(3,4)17-24(28)35)26-12-11-25(36-26)20-10-9-18-7-5-6-8-19(18)13-20/h5-13,29,32,34H,14-17H2,1-4H3. The van der Waals surface area contributed by atoms with Gasteiger partial charge in [0.2, 0.25) is 0 Å². The molecule has 0 saturated carbocycles. The van der Waals surface area contributed by atoms with Crippen molar-refractivity contribution in [3.8, 4) is 10.4 Å². The van der Waals surface area contributed by atoms with Crippen molar-refractivity contribution in [3.63, 3.8) is 0 Å². The Bertz CT molecular complexity index is 1400. The van der Waals surface area contributed by atoms with E-state index in [1.54, 1.807) is 0 Å². The summed E-state index contributed by atoms with van der Waals surface area (Å²) in [5, 5.41) is 24.5. The molecule has 5 rings (SSSR count). The van der Waals surface area contributed by atoms with E-state index in [9.17, 15) is 19.8 Å². The number of allylic oxidation sites excluding steroid dienone is 4. The molecule has 0 bridgehead atoms. The highest BCUT2D eigenvalue weighted by Gasteiger charge is 2.44. The fourth-order valence-electron chi connectivity index (χ4n) is 5.69. The van der Waals surface area contributed by atoms with Crippen LogP contribution >= 0.6 is 11.3 Å². The van der Waals surface area contributed by atoms with Gasteiger partial charge in [0.15, 0.2) is 11.6 Å². The Morgan fingerprint density at radius 1 is 0.722 bits per heavy atom. The van der Waals surface area contributed by atoms with Gasteiger partial charge in [-0.15, -0.1) is 11.3 Å². The Balaban J connectivity index is 1.65. The van der Waals surface area contributed by atoms with E-state index in [0.717, 1.165) is 26.1 Å². The maximum Gasteiger partial charge on any atom is 0.163 e. The highest BCUT2D eigenvalue weighted by atomic mass is 32.1. The van der Waals surface area contributed by atoms with Crippen LogP contribution in [0.25, 0.3) is 21.2 Å². The first-order valence-corrected chi connectivity index (χ1v) is 13.3. The number of benzene rings is 2. The van der Waals surface area contributed by atoms with Crippen LogP contribution in [0.3, 0.4) is 0 Å². The van der Waals surface area contributed by atoms with Crippen LogP contribution in [-0.2, 0) is 9.59 Å². The molecular formula is C31H32O4S. The molecule has 2 aromatic carbocycles. The first-order chi connectivity index (χ1) is 16.9. The molecule has 4 nitrogen and oxygen atoms in total. The number of hydrogen-bond acceptors (Lipinski definition) is 5. The molecule has 0 aliphatic heterocycles. The number of rotatable bonds is 4. The minimum absolute atomic E-state index is 0.0276. The van der Waals surface area contributed by atoms with Crippen LogP contribution in [0.4, 0.5) is 0 Å². The van der Waals surface area contributed by atoms with E-state index in [2.05, 4.69) is 30.3 Å². The van der Waals surface area contributed by atoms with Gasteiger partial charge in [0.05, 0.1) is 5.92 Å². The summed E-state index contributed by atoms with van der Waals surface area (Å²) in [7, 11) is 0. The molecule has 2 aliphatic rings. The minimum atomic E-state index is -0.767. The van der Waals surface area contributed by atoms with Crippen LogP contribution in [0.5, 0.6) is 0 Å². The molecule has 1 aromatic heterocycles. The maximum atomic E-state index is 13.4. The zero-order chi connectivity index (χ0) is 25.8. The van der Waals surface area contributed by atoms with E-state index in [-0.39, 0.29) is 45.1 Å². The Morgan fingerprint density at radius 2 is 1.28 bits per heavy atom. The summed E-state index contributed by atoms with van der Waals surface area (Å²) in [4.78, 5) is 28.6. The Hall–Kier alpha value is -3.18. The number of thiophene rings is 1. The first-order valence-electron chi connectivity index (χ1n) is 12.4. The summed E-state index contributed by atoms with van der Waals surface area (Å²) >= 11 is 1.50. The quantitative estimate of drug-likeness (QED) is 0.380. The molecule has 0 saturated heterocycles. The molecule has 3 aromatic rings. The smallest absolute Gasteiger partial charge is 0.163 e. The van der Waals surface area contributed by atoms with Crippen molar-refractivity contribution in [3.05, 3.63) is 82.1 Å². The number of carbonyl (C=O) groups is 2. The van der Waals surface area contributed by atoms with Crippen LogP contribution in [0.2, 0.25) is 0 Å². The summed E-state index contributed by atoms with van der Waals surface area (Å²) in [5.41, 5.74) is 0.866. The van der Waals surface area contributed by atoms with Crippen LogP contribution in [0.1, 0.15) is 64.2 Å². The lowest BCUT2D eigenvalue weighted by Gasteiger charge is -2.36. The third kappa shape index (κ3) is 4.53. The number of carbonyl (C=O) groups excluding carboxylic acids is 2. The Morgan fingerprint density at radius 3 is 1.83 bits per heavy atom. The van der Waals surface area contributed by atoms with Gasteiger partial charge in [0.25, 0.3) is 0 Å². The summed E-state index contributed by atoms with van der Waals surface area (Å²) in [6, 6.07) is 18.4. The fraction of sp³-hybridized carbons (Fsp3) is 0.355. The van der Waals surface area contributed by atoms with Gasteiger partial charge in [-0.2, -0.15) is 0 Å². The summed E-state index contributed by atoms with van der Waals surface area (Å²) in [5.74, 6) is -1.03. The minimum Gasteiger partial charge on any atom is -0.512 e. The van der Waals surface area contributed by atoms with Crippen LogP contribution in [-0.4, -0.2) is 21.8 Å². The van der Waals surface area contributed by atoms with Gasteiger partial charge >= 0.3 is 0 Å². The maximum absolute atomic E-state index is 13.4. The number of Topliss-reactive ketones (excluding diaryl/α,β-unsaturated/α-hetero) is 2. The van der Waals surface area contributed by atoms with Crippen molar-refractivity contribution in [2.24, 2.45) is 10.8 Å². The molecule has 186 valence electrons. The van der Waals surface area contributed by atoms with Crippen LogP contribution < -0.4 is 0 Å².